The molecule has 0 atom stereocenters. The van der Waals surface area contributed by atoms with E-state index in [1.807, 2.05) is 30.3 Å². The molecule has 3 aromatic rings. The second-order valence-corrected chi connectivity index (χ2v) is 5.46. The van der Waals surface area contributed by atoms with Crippen LogP contribution in [0.5, 0.6) is 11.5 Å². The number of fused-ring (bicyclic) bond motifs is 1. The normalized spacial score (nSPS) is 10.4. The molecule has 0 saturated carbocycles. The monoisotopic (exact) mass is 350 g/mol. The van der Waals surface area contributed by atoms with Crippen LogP contribution in [0.4, 0.5) is 0 Å². The van der Waals surface area contributed by atoms with E-state index in [2.05, 4.69) is 9.98 Å². The molecule has 7 nitrogen and oxygen atoms in total. The molecular weight excluding hydrogens is 332 g/mol. The highest BCUT2D eigenvalue weighted by molar-refractivity contribution is 6.13. The zero-order chi connectivity index (χ0) is 18.7. The maximum absolute atomic E-state index is 12.6. The number of methoxy groups -OCH3 is 2. The number of ether oxygens (including phenoxy) is 2. The quantitative estimate of drug-likeness (QED) is 0.551. The summed E-state index contributed by atoms with van der Waals surface area (Å²) in [6, 6.07) is 14.7. The topological polar surface area (TPSA) is 113 Å². The van der Waals surface area contributed by atoms with Crippen LogP contribution in [0.1, 0.15) is 10.4 Å². The number of aliphatic imine (C=N–C) groups is 1. The Kier molecular flexibility index (Phi) is 4.70. The number of nitrogens with zero attached hydrogens (tertiary/aromatic N) is 2. The van der Waals surface area contributed by atoms with Crippen LogP contribution < -0.4 is 20.9 Å². The maximum atomic E-state index is 12.6. The number of carbonyl (C=O) groups is 1. The number of benzene rings is 2. The van der Waals surface area contributed by atoms with Gasteiger partial charge in [-0.05, 0) is 18.2 Å². The number of nitrogens with two attached hydrogens (primary N) is 2. The van der Waals surface area contributed by atoms with Gasteiger partial charge in [-0.15, -0.1) is 0 Å². The summed E-state index contributed by atoms with van der Waals surface area (Å²) >= 11 is 0. The molecule has 0 fully saturated rings. The van der Waals surface area contributed by atoms with Crippen molar-refractivity contribution < 1.29 is 14.3 Å². The summed E-state index contributed by atoms with van der Waals surface area (Å²) in [6.07, 6.45) is 0. The molecule has 7 heteroatoms. The second kappa shape index (κ2) is 7.10. The van der Waals surface area contributed by atoms with E-state index in [4.69, 9.17) is 20.9 Å². The van der Waals surface area contributed by atoms with Gasteiger partial charge in [-0.1, -0.05) is 30.3 Å². The number of amides is 1. The molecule has 0 bridgehead atoms. The minimum atomic E-state index is -0.582. The fraction of sp³-hybridized carbons (Fsp3) is 0.105. The van der Waals surface area contributed by atoms with Crippen molar-refractivity contribution in [3.8, 4) is 22.8 Å². The number of rotatable bonds is 4. The highest BCUT2D eigenvalue weighted by atomic mass is 16.5. The third-order valence-corrected chi connectivity index (χ3v) is 3.85. The Labute approximate surface area is 150 Å². The first kappa shape index (κ1) is 17.2. The van der Waals surface area contributed by atoms with Gasteiger partial charge in [0, 0.05) is 5.56 Å². The molecule has 26 heavy (non-hydrogen) atoms. The molecule has 0 spiro atoms. The van der Waals surface area contributed by atoms with Gasteiger partial charge in [-0.25, -0.2) is 4.98 Å². The molecule has 0 aliphatic carbocycles. The van der Waals surface area contributed by atoms with Crippen molar-refractivity contribution in [2.45, 2.75) is 0 Å². The zero-order valence-electron chi connectivity index (χ0n) is 14.4. The number of pyridine rings is 1. The summed E-state index contributed by atoms with van der Waals surface area (Å²) in [5.74, 6) is -0.0245. The van der Waals surface area contributed by atoms with Crippen molar-refractivity contribution in [1.82, 2.24) is 4.98 Å². The van der Waals surface area contributed by atoms with E-state index < -0.39 is 5.91 Å². The first-order valence-electron chi connectivity index (χ1n) is 7.80. The van der Waals surface area contributed by atoms with Crippen LogP contribution in [0.15, 0.2) is 53.5 Å². The highest BCUT2D eigenvalue weighted by Crippen LogP contribution is 2.38. The molecule has 0 saturated heterocycles. The molecule has 0 unspecified atom stereocenters. The van der Waals surface area contributed by atoms with Crippen LogP contribution in [0.3, 0.4) is 0 Å². The van der Waals surface area contributed by atoms with E-state index in [9.17, 15) is 4.79 Å². The molecule has 132 valence electrons. The van der Waals surface area contributed by atoms with E-state index in [1.165, 1.54) is 14.2 Å². The van der Waals surface area contributed by atoms with Gasteiger partial charge < -0.3 is 20.9 Å². The molecular formula is C19H18N4O3. The Balaban J connectivity index is 2.37. The fourth-order valence-electron chi connectivity index (χ4n) is 2.74. The summed E-state index contributed by atoms with van der Waals surface area (Å²) in [4.78, 5) is 21.0. The maximum Gasteiger partial charge on any atom is 0.281 e. The van der Waals surface area contributed by atoms with E-state index in [0.29, 0.717) is 28.1 Å². The Bertz CT molecular complexity index is 997. The lowest BCUT2D eigenvalue weighted by Crippen LogP contribution is -2.24. The largest absolute Gasteiger partial charge is 0.493 e. The van der Waals surface area contributed by atoms with Crippen molar-refractivity contribution in [3.63, 3.8) is 0 Å². The first-order valence-corrected chi connectivity index (χ1v) is 7.80. The molecule has 1 aromatic heterocycles. The third kappa shape index (κ3) is 3.14. The lowest BCUT2D eigenvalue weighted by molar-refractivity contribution is 0.100. The van der Waals surface area contributed by atoms with Gasteiger partial charge in [0.15, 0.2) is 17.5 Å². The molecule has 4 N–H and O–H groups in total. The average molecular weight is 350 g/mol. The Hall–Kier alpha value is -3.61. The molecule has 0 radical (unpaired) electrons. The lowest BCUT2D eigenvalue weighted by atomic mass is 10.0. The Morgan fingerprint density at radius 3 is 2.38 bits per heavy atom. The van der Waals surface area contributed by atoms with Crippen molar-refractivity contribution in [2.24, 2.45) is 16.5 Å². The SMILES string of the molecule is COc1ccc2nc(-c3ccccc3)cc(C(=O)N=C(N)N)c2c1OC. The predicted octanol–water partition coefficient (Wildman–Crippen LogP) is 2.33. The summed E-state index contributed by atoms with van der Waals surface area (Å²) in [5, 5.41) is 0.488. The van der Waals surface area contributed by atoms with E-state index in [-0.39, 0.29) is 11.5 Å². The van der Waals surface area contributed by atoms with Crippen LogP contribution in [-0.4, -0.2) is 31.1 Å². The molecule has 1 heterocycles. The summed E-state index contributed by atoms with van der Waals surface area (Å²) in [7, 11) is 3.02. The standard InChI is InChI=1S/C19H18N4O3/c1-25-15-9-8-13-16(17(15)26-2)12(18(24)23-19(20)21)10-14(22-13)11-6-4-3-5-7-11/h3-10H,1-2H3,(H4,20,21,23,24). The van der Waals surface area contributed by atoms with Crippen LogP contribution in [0.25, 0.3) is 22.2 Å². The van der Waals surface area contributed by atoms with Gasteiger partial charge >= 0.3 is 0 Å². The third-order valence-electron chi connectivity index (χ3n) is 3.85. The Morgan fingerprint density at radius 1 is 1.04 bits per heavy atom. The minimum Gasteiger partial charge on any atom is -0.493 e. The van der Waals surface area contributed by atoms with Crippen LogP contribution in [0, 0.1) is 0 Å². The first-order chi connectivity index (χ1) is 12.5. The second-order valence-electron chi connectivity index (χ2n) is 5.46. The number of guanidine groups is 1. The fourth-order valence-corrected chi connectivity index (χ4v) is 2.74. The smallest absolute Gasteiger partial charge is 0.281 e. The highest BCUT2D eigenvalue weighted by Gasteiger charge is 2.20. The van der Waals surface area contributed by atoms with E-state index in [1.54, 1.807) is 18.2 Å². The van der Waals surface area contributed by atoms with Gasteiger partial charge in [0.05, 0.1) is 36.4 Å². The minimum absolute atomic E-state index is 0.276. The number of carbonyl (C=O) groups excluding carboxylic acids is 1. The molecule has 3 rings (SSSR count). The molecule has 2 aromatic carbocycles. The van der Waals surface area contributed by atoms with E-state index >= 15 is 0 Å². The number of hydrogen-bond donors (Lipinski definition) is 2. The number of aromatic nitrogens is 1. The van der Waals surface area contributed by atoms with Crippen molar-refractivity contribution in [1.29, 1.82) is 0 Å². The van der Waals surface area contributed by atoms with Crippen molar-refractivity contribution in [3.05, 3.63) is 54.1 Å². The van der Waals surface area contributed by atoms with Crippen LogP contribution >= 0.6 is 0 Å². The summed E-state index contributed by atoms with van der Waals surface area (Å²) < 4.78 is 10.8. The van der Waals surface area contributed by atoms with Crippen LogP contribution in [-0.2, 0) is 0 Å². The van der Waals surface area contributed by atoms with Crippen LogP contribution in [0.2, 0.25) is 0 Å². The van der Waals surface area contributed by atoms with Gasteiger partial charge in [-0.2, -0.15) is 4.99 Å². The van der Waals surface area contributed by atoms with Crippen molar-refractivity contribution >= 4 is 22.8 Å². The summed E-state index contributed by atoms with van der Waals surface area (Å²) in [5.41, 5.74) is 13.1. The van der Waals surface area contributed by atoms with Crippen molar-refractivity contribution in [2.75, 3.05) is 14.2 Å². The van der Waals surface area contributed by atoms with Gasteiger partial charge in [0.2, 0.25) is 0 Å². The molecule has 1 amide bonds. The van der Waals surface area contributed by atoms with E-state index in [0.717, 1.165) is 5.56 Å². The zero-order valence-corrected chi connectivity index (χ0v) is 14.4. The lowest BCUT2D eigenvalue weighted by Gasteiger charge is -2.14. The van der Waals surface area contributed by atoms with Gasteiger partial charge in [-0.3, -0.25) is 4.79 Å². The van der Waals surface area contributed by atoms with Gasteiger partial charge in [0.25, 0.3) is 5.91 Å². The average Bonchev–Trinajstić information content (AvgIpc) is 2.66. The predicted molar refractivity (Wildman–Crippen MR) is 100 cm³/mol. The molecule has 0 aliphatic heterocycles. The van der Waals surface area contributed by atoms with Gasteiger partial charge in [0.1, 0.15) is 0 Å². The Morgan fingerprint density at radius 2 is 1.77 bits per heavy atom. The molecule has 0 aliphatic rings. The number of hydrogen-bond acceptors (Lipinski definition) is 4. The summed E-state index contributed by atoms with van der Waals surface area (Å²) in [6.45, 7) is 0.